The first-order valence-electron chi connectivity index (χ1n) is 6.17. The number of hydroxylamine groups is 2. The molecule has 0 atom stereocenters. The Kier molecular flexibility index (Phi) is 7.16. The molecule has 0 saturated heterocycles. The van der Waals surface area contributed by atoms with Gasteiger partial charge in [0, 0.05) is 19.0 Å². The van der Waals surface area contributed by atoms with Crippen LogP contribution >= 0.6 is 0 Å². The van der Waals surface area contributed by atoms with E-state index in [4.69, 9.17) is 9.57 Å². The third kappa shape index (κ3) is 4.91. The van der Waals surface area contributed by atoms with E-state index in [2.05, 4.69) is 0 Å². The minimum absolute atomic E-state index is 0.185. The molecule has 6 nitrogen and oxygen atoms in total. The molecule has 0 bridgehead atoms. The lowest BCUT2D eigenvalue weighted by Crippen LogP contribution is -2.29. The van der Waals surface area contributed by atoms with E-state index >= 15 is 0 Å². The molecular formula is C14H17NO5. The lowest BCUT2D eigenvalue weighted by molar-refractivity contribution is -0.121. The molecule has 0 spiro atoms. The van der Waals surface area contributed by atoms with Crippen LogP contribution in [0, 0.1) is 0 Å². The lowest BCUT2D eigenvalue weighted by atomic mass is 10.1. The highest BCUT2D eigenvalue weighted by Crippen LogP contribution is 2.09. The van der Waals surface area contributed by atoms with Crippen LogP contribution in [-0.2, 0) is 14.4 Å². The third-order valence-electron chi connectivity index (χ3n) is 2.50. The number of hydrogen-bond donors (Lipinski definition) is 0. The van der Waals surface area contributed by atoms with Crippen molar-refractivity contribution in [1.82, 2.24) is 5.06 Å². The first kappa shape index (κ1) is 16.0. The Balaban J connectivity index is 2.42. The van der Waals surface area contributed by atoms with Gasteiger partial charge in [0.2, 0.25) is 0 Å². The normalized spacial score (nSPS) is 10.1. The summed E-state index contributed by atoms with van der Waals surface area (Å²) in [6.07, 6.45) is 1.73. The molecule has 108 valence electrons. The third-order valence-corrected chi connectivity index (χ3v) is 2.50. The molecule has 0 N–H and O–H groups in total. The van der Waals surface area contributed by atoms with Crippen molar-refractivity contribution < 1.29 is 24.0 Å². The summed E-state index contributed by atoms with van der Waals surface area (Å²) in [5.41, 5.74) is 0.599. The largest absolute Gasteiger partial charge is 0.379 e. The summed E-state index contributed by atoms with van der Waals surface area (Å²) < 4.78 is 5.10. The van der Waals surface area contributed by atoms with Gasteiger partial charge in [-0.05, 0) is 6.07 Å². The Labute approximate surface area is 117 Å². The summed E-state index contributed by atoms with van der Waals surface area (Å²) >= 11 is 0. The summed E-state index contributed by atoms with van der Waals surface area (Å²) in [4.78, 5) is 38.2. The van der Waals surface area contributed by atoms with Gasteiger partial charge in [-0.15, -0.1) is 0 Å². The van der Waals surface area contributed by atoms with Crippen LogP contribution < -0.4 is 0 Å². The van der Waals surface area contributed by atoms with Gasteiger partial charge in [-0.3, -0.25) is 14.4 Å². The molecule has 20 heavy (non-hydrogen) atoms. The van der Waals surface area contributed by atoms with Crippen LogP contribution in [0.5, 0.6) is 0 Å². The monoisotopic (exact) mass is 279 g/mol. The van der Waals surface area contributed by atoms with E-state index in [0.29, 0.717) is 24.9 Å². The molecule has 6 heteroatoms. The van der Waals surface area contributed by atoms with Gasteiger partial charge in [0.25, 0.3) is 5.91 Å². The Bertz CT molecular complexity index is 461. The molecule has 0 aliphatic rings. The second kappa shape index (κ2) is 8.95. The molecule has 1 rings (SSSR count). The SMILES string of the molecule is CN(OCCOCCC=O)C(=O)c1ccccc1C=O. The van der Waals surface area contributed by atoms with Crippen LogP contribution in [0.1, 0.15) is 27.1 Å². The van der Waals surface area contributed by atoms with Crippen molar-refractivity contribution in [3.63, 3.8) is 0 Å². The topological polar surface area (TPSA) is 72.9 Å². The van der Waals surface area contributed by atoms with Gasteiger partial charge in [-0.25, -0.2) is 5.06 Å². The van der Waals surface area contributed by atoms with Crippen molar-refractivity contribution in [2.45, 2.75) is 6.42 Å². The Hall–Kier alpha value is -2.05. The summed E-state index contributed by atoms with van der Waals surface area (Å²) in [6, 6.07) is 6.49. The number of rotatable bonds is 9. The molecule has 0 saturated carbocycles. The van der Waals surface area contributed by atoms with Gasteiger partial charge < -0.3 is 9.53 Å². The molecule has 0 radical (unpaired) electrons. The molecule has 0 aliphatic heterocycles. The zero-order chi connectivity index (χ0) is 14.8. The molecule has 0 aromatic heterocycles. The quantitative estimate of drug-likeness (QED) is 0.384. The first-order chi connectivity index (χ1) is 9.70. The van der Waals surface area contributed by atoms with E-state index < -0.39 is 5.91 Å². The number of nitrogens with zero attached hydrogens (tertiary/aromatic N) is 1. The predicted molar refractivity (Wildman–Crippen MR) is 71.4 cm³/mol. The highest BCUT2D eigenvalue weighted by Gasteiger charge is 2.15. The fourth-order valence-electron chi connectivity index (χ4n) is 1.49. The molecule has 0 fully saturated rings. The maximum atomic E-state index is 12.0. The first-order valence-corrected chi connectivity index (χ1v) is 6.17. The van der Waals surface area contributed by atoms with E-state index in [-0.39, 0.29) is 18.8 Å². The number of amides is 1. The minimum Gasteiger partial charge on any atom is -0.379 e. The Morgan fingerprint density at radius 3 is 2.65 bits per heavy atom. The second-order valence-corrected chi connectivity index (χ2v) is 3.91. The van der Waals surface area contributed by atoms with Crippen LogP contribution in [0.15, 0.2) is 24.3 Å². The summed E-state index contributed by atoms with van der Waals surface area (Å²) in [6.45, 7) is 0.795. The fraction of sp³-hybridized carbons (Fsp3) is 0.357. The summed E-state index contributed by atoms with van der Waals surface area (Å²) in [5, 5.41) is 1.06. The molecule has 1 amide bonds. The van der Waals surface area contributed by atoms with Crippen molar-refractivity contribution in [3.05, 3.63) is 35.4 Å². The van der Waals surface area contributed by atoms with E-state index in [1.165, 1.54) is 7.05 Å². The van der Waals surface area contributed by atoms with Crippen LogP contribution in [0.25, 0.3) is 0 Å². The maximum Gasteiger partial charge on any atom is 0.277 e. The van der Waals surface area contributed by atoms with Crippen molar-refractivity contribution in [3.8, 4) is 0 Å². The zero-order valence-corrected chi connectivity index (χ0v) is 11.3. The van der Waals surface area contributed by atoms with E-state index in [0.717, 1.165) is 11.3 Å². The molecular weight excluding hydrogens is 262 g/mol. The fourth-order valence-corrected chi connectivity index (χ4v) is 1.49. The van der Waals surface area contributed by atoms with Crippen LogP contribution in [-0.4, -0.2) is 50.4 Å². The zero-order valence-electron chi connectivity index (χ0n) is 11.3. The molecule has 0 heterocycles. The smallest absolute Gasteiger partial charge is 0.277 e. The maximum absolute atomic E-state index is 12.0. The average molecular weight is 279 g/mol. The number of ether oxygens (including phenoxy) is 1. The van der Waals surface area contributed by atoms with E-state index in [9.17, 15) is 14.4 Å². The summed E-state index contributed by atoms with van der Waals surface area (Å²) in [7, 11) is 1.47. The number of hydrogen-bond acceptors (Lipinski definition) is 5. The highest BCUT2D eigenvalue weighted by molar-refractivity contribution is 6.00. The van der Waals surface area contributed by atoms with Gasteiger partial charge in [-0.2, -0.15) is 0 Å². The van der Waals surface area contributed by atoms with Crippen molar-refractivity contribution in [1.29, 1.82) is 0 Å². The van der Waals surface area contributed by atoms with E-state index in [1.54, 1.807) is 24.3 Å². The molecule has 0 unspecified atom stereocenters. The van der Waals surface area contributed by atoms with Gasteiger partial charge >= 0.3 is 0 Å². The van der Waals surface area contributed by atoms with Crippen molar-refractivity contribution in [2.24, 2.45) is 0 Å². The van der Waals surface area contributed by atoms with Crippen LogP contribution in [0.2, 0.25) is 0 Å². The van der Waals surface area contributed by atoms with Crippen LogP contribution in [0.4, 0.5) is 0 Å². The number of carbonyl (C=O) groups excluding carboxylic acids is 3. The Morgan fingerprint density at radius 2 is 1.95 bits per heavy atom. The molecule has 1 aromatic rings. The molecule has 0 aliphatic carbocycles. The van der Waals surface area contributed by atoms with Crippen molar-refractivity contribution >= 4 is 18.5 Å². The van der Waals surface area contributed by atoms with E-state index in [1.807, 2.05) is 0 Å². The Morgan fingerprint density at radius 1 is 1.20 bits per heavy atom. The average Bonchev–Trinajstić information content (AvgIpc) is 2.49. The number of aldehydes is 2. The van der Waals surface area contributed by atoms with Gasteiger partial charge in [0.15, 0.2) is 6.29 Å². The number of carbonyl (C=O) groups is 3. The van der Waals surface area contributed by atoms with Gasteiger partial charge in [-0.1, -0.05) is 18.2 Å². The van der Waals surface area contributed by atoms with Gasteiger partial charge in [0.1, 0.15) is 6.29 Å². The lowest BCUT2D eigenvalue weighted by Gasteiger charge is -2.17. The van der Waals surface area contributed by atoms with Crippen molar-refractivity contribution in [2.75, 3.05) is 26.9 Å². The number of benzene rings is 1. The predicted octanol–water partition coefficient (Wildman–Crippen LogP) is 1.11. The minimum atomic E-state index is -0.402. The second-order valence-electron chi connectivity index (χ2n) is 3.91. The highest BCUT2D eigenvalue weighted by atomic mass is 16.7. The van der Waals surface area contributed by atoms with Crippen LogP contribution in [0.3, 0.4) is 0 Å². The molecule has 1 aromatic carbocycles. The summed E-state index contributed by atoms with van der Waals surface area (Å²) in [5.74, 6) is -0.402. The standard InChI is InChI=1S/C14H17NO5/c1-15(20-10-9-19-8-4-7-16)14(18)13-6-3-2-5-12(13)11-17/h2-3,5-7,11H,4,8-10H2,1H3. The van der Waals surface area contributed by atoms with Gasteiger partial charge in [0.05, 0.1) is 25.4 Å².